The monoisotopic (exact) mass is 321 g/mol. The van der Waals surface area contributed by atoms with Crippen molar-refractivity contribution < 1.29 is 32.2 Å². The Morgan fingerprint density at radius 1 is 1.32 bits per heavy atom. The SMILES string of the molecule is O=C(N[C@H]1CC(F)(F)CC[C@@H]1O)c1ccc(OC(F)F)cc1. The van der Waals surface area contributed by atoms with Crippen molar-refractivity contribution in [1.82, 2.24) is 5.32 Å². The molecular formula is C14H15F4NO3. The van der Waals surface area contributed by atoms with E-state index in [1.54, 1.807) is 0 Å². The van der Waals surface area contributed by atoms with Crippen molar-refractivity contribution >= 4 is 5.91 Å². The van der Waals surface area contributed by atoms with Gasteiger partial charge in [0.05, 0.1) is 12.1 Å². The highest BCUT2D eigenvalue weighted by molar-refractivity contribution is 5.94. The Morgan fingerprint density at radius 2 is 1.95 bits per heavy atom. The summed E-state index contributed by atoms with van der Waals surface area (Å²) in [6, 6.07) is 3.77. The molecule has 2 rings (SSSR count). The lowest BCUT2D eigenvalue weighted by molar-refractivity contribution is -0.0768. The summed E-state index contributed by atoms with van der Waals surface area (Å²) < 4.78 is 54.8. The molecule has 1 fully saturated rings. The second-order valence-electron chi connectivity index (χ2n) is 5.15. The van der Waals surface area contributed by atoms with Crippen molar-refractivity contribution in [2.45, 2.75) is 43.9 Å². The van der Waals surface area contributed by atoms with E-state index in [0.29, 0.717) is 0 Å². The zero-order valence-electron chi connectivity index (χ0n) is 11.4. The Labute approximate surface area is 124 Å². The number of carbonyl (C=O) groups excluding carboxylic acids is 1. The fourth-order valence-electron chi connectivity index (χ4n) is 2.31. The summed E-state index contributed by atoms with van der Waals surface area (Å²) >= 11 is 0. The van der Waals surface area contributed by atoms with Crippen LogP contribution in [0.15, 0.2) is 24.3 Å². The van der Waals surface area contributed by atoms with Gasteiger partial charge in [0.1, 0.15) is 5.75 Å². The summed E-state index contributed by atoms with van der Waals surface area (Å²) in [6.07, 6.45) is -2.18. The lowest BCUT2D eigenvalue weighted by Gasteiger charge is -2.33. The van der Waals surface area contributed by atoms with Crippen LogP contribution < -0.4 is 10.1 Å². The molecule has 0 spiro atoms. The Kier molecular flexibility index (Phi) is 4.90. The number of alkyl halides is 4. The molecule has 1 aliphatic carbocycles. The average Bonchev–Trinajstić information content (AvgIpc) is 2.43. The van der Waals surface area contributed by atoms with E-state index < -0.39 is 43.4 Å². The van der Waals surface area contributed by atoms with Crippen molar-refractivity contribution in [2.75, 3.05) is 0 Å². The number of hydrogen-bond donors (Lipinski definition) is 2. The third kappa shape index (κ3) is 4.33. The molecule has 1 saturated carbocycles. The first-order chi connectivity index (χ1) is 10.3. The van der Waals surface area contributed by atoms with Gasteiger partial charge in [-0.05, 0) is 30.7 Å². The summed E-state index contributed by atoms with van der Waals surface area (Å²) in [5.41, 5.74) is 0.0997. The first-order valence-electron chi connectivity index (χ1n) is 6.68. The van der Waals surface area contributed by atoms with Gasteiger partial charge in [-0.3, -0.25) is 4.79 Å². The second-order valence-corrected chi connectivity index (χ2v) is 5.15. The summed E-state index contributed by atoms with van der Waals surface area (Å²) in [6.45, 7) is -2.97. The van der Waals surface area contributed by atoms with Gasteiger partial charge in [0.2, 0.25) is 5.92 Å². The highest BCUT2D eigenvalue weighted by Gasteiger charge is 2.41. The minimum absolute atomic E-state index is 0.0981. The van der Waals surface area contributed by atoms with Crippen LogP contribution in [0, 0.1) is 0 Å². The molecule has 22 heavy (non-hydrogen) atoms. The third-order valence-corrected chi connectivity index (χ3v) is 3.45. The van der Waals surface area contributed by atoms with Crippen LogP contribution in [-0.2, 0) is 0 Å². The summed E-state index contributed by atoms with van der Waals surface area (Å²) in [5, 5.41) is 12.0. The molecule has 8 heteroatoms. The number of benzene rings is 1. The molecule has 0 aliphatic heterocycles. The summed E-state index contributed by atoms with van der Waals surface area (Å²) in [5.74, 6) is -3.70. The average molecular weight is 321 g/mol. The number of amides is 1. The van der Waals surface area contributed by atoms with Gasteiger partial charge in [-0.2, -0.15) is 8.78 Å². The normalized spacial score (nSPS) is 24.1. The smallest absolute Gasteiger partial charge is 0.387 e. The molecular weight excluding hydrogens is 306 g/mol. The predicted octanol–water partition coefficient (Wildman–Crippen LogP) is 2.57. The lowest BCUT2D eigenvalue weighted by Crippen LogP contribution is -2.50. The van der Waals surface area contributed by atoms with Crippen molar-refractivity contribution in [1.29, 1.82) is 0 Å². The van der Waals surface area contributed by atoms with Crippen LogP contribution >= 0.6 is 0 Å². The van der Waals surface area contributed by atoms with Gasteiger partial charge >= 0.3 is 6.61 Å². The summed E-state index contributed by atoms with van der Waals surface area (Å²) in [4.78, 5) is 11.9. The topological polar surface area (TPSA) is 58.6 Å². The molecule has 1 amide bonds. The highest BCUT2D eigenvalue weighted by atomic mass is 19.3. The minimum atomic E-state index is -2.97. The Bertz CT molecular complexity index is 521. The Hall–Kier alpha value is -1.83. The van der Waals surface area contributed by atoms with E-state index in [9.17, 15) is 27.5 Å². The van der Waals surface area contributed by atoms with Gasteiger partial charge in [-0.1, -0.05) is 0 Å². The maximum atomic E-state index is 13.3. The number of hydrogen-bond acceptors (Lipinski definition) is 3. The summed E-state index contributed by atoms with van der Waals surface area (Å²) in [7, 11) is 0. The number of aliphatic hydroxyl groups excluding tert-OH is 1. The van der Waals surface area contributed by atoms with E-state index in [2.05, 4.69) is 10.1 Å². The van der Waals surface area contributed by atoms with Crippen LogP contribution in [0.1, 0.15) is 29.6 Å². The van der Waals surface area contributed by atoms with Crippen molar-refractivity contribution in [3.05, 3.63) is 29.8 Å². The number of halogens is 4. The van der Waals surface area contributed by atoms with Crippen LogP contribution in [0.3, 0.4) is 0 Å². The number of nitrogens with one attached hydrogen (secondary N) is 1. The highest BCUT2D eigenvalue weighted by Crippen LogP contribution is 2.33. The maximum absolute atomic E-state index is 13.3. The second kappa shape index (κ2) is 6.51. The number of ether oxygens (including phenoxy) is 1. The van der Waals surface area contributed by atoms with E-state index >= 15 is 0 Å². The van der Waals surface area contributed by atoms with Crippen LogP contribution in [0.4, 0.5) is 17.6 Å². The number of aliphatic hydroxyl groups is 1. The molecule has 4 nitrogen and oxygen atoms in total. The maximum Gasteiger partial charge on any atom is 0.387 e. The molecule has 2 N–H and O–H groups in total. The number of carbonyl (C=O) groups is 1. The molecule has 0 heterocycles. The number of rotatable bonds is 4. The molecule has 0 radical (unpaired) electrons. The molecule has 1 aliphatic rings. The van der Waals surface area contributed by atoms with Crippen LogP contribution in [0.25, 0.3) is 0 Å². The van der Waals surface area contributed by atoms with Gasteiger partial charge in [0, 0.05) is 18.4 Å². The first kappa shape index (κ1) is 16.5. The van der Waals surface area contributed by atoms with Gasteiger partial charge in [-0.15, -0.1) is 0 Å². The van der Waals surface area contributed by atoms with E-state index in [1.165, 1.54) is 24.3 Å². The fraction of sp³-hybridized carbons (Fsp3) is 0.500. The van der Waals surface area contributed by atoms with Crippen molar-refractivity contribution in [2.24, 2.45) is 0 Å². The Morgan fingerprint density at radius 3 is 2.55 bits per heavy atom. The molecule has 0 saturated heterocycles. The first-order valence-corrected chi connectivity index (χ1v) is 6.68. The zero-order valence-corrected chi connectivity index (χ0v) is 11.4. The van der Waals surface area contributed by atoms with Crippen molar-refractivity contribution in [3.8, 4) is 5.75 Å². The molecule has 0 aromatic heterocycles. The van der Waals surface area contributed by atoms with E-state index in [0.717, 1.165) is 0 Å². The van der Waals surface area contributed by atoms with Crippen molar-refractivity contribution in [3.63, 3.8) is 0 Å². The van der Waals surface area contributed by atoms with E-state index in [1.807, 2.05) is 0 Å². The van der Waals surface area contributed by atoms with Gasteiger partial charge in [0.25, 0.3) is 5.91 Å². The molecule has 0 unspecified atom stereocenters. The van der Waals surface area contributed by atoms with Crippen LogP contribution in [0.2, 0.25) is 0 Å². The quantitative estimate of drug-likeness (QED) is 0.838. The largest absolute Gasteiger partial charge is 0.435 e. The molecule has 2 atom stereocenters. The predicted molar refractivity (Wildman–Crippen MR) is 69.1 cm³/mol. The van der Waals surface area contributed by atoms with Gasteiger partial charge in [-0.25, -0.2) is 8.78 Å². The van der Waals surface area contributed by atoms with Gasteiger partial charge < -0.3 is 15.2 Å². The van der Waals surface area contributed by atoms with Crippen LogP contribution in [0.5, 0.6) is 5.75 Å². The zero-order chi connectivity index (χ0) is 16.3. The molecule has 1 aromatic rings. The minimum Gasteiger partial charge on any atom is -0.435 e. The van der Waals surface area contributed by atoms with Crippen LogP contribution in [-0.4, -0.2) is 35.7 Å². The molecule has 1 aromatic carbocycles. The fourth-order valence-corrected chi connectivity index (χ4v) is 2.31. The molecule has 0 bridgehead atoms. The molecule has 122 valence electrons. The van der Waals surface area contributed by atoms with Gasteiger partial charge in [0.15, 0.2) is 0 Å². The third-order valence-electron chi connectivity index (χ3n) is 3.45. The lowest BCUT2D eigenvalue weighted by atomic mass is 9.89. The Balaban J connectivity index is 1.99. The standard InChI is InChI=1S/C14H15F4NO3/c15-13(16)22-9-3-1-8(2-4-9)12(21)19-10-7-14(17,18)6-5-11(10)20/h1-4,10-11,13,20H,5-7H2,(H,19,21)/t10-,11-/m0/s1. The van der Waals surface area contributed by atoms with E-state index in [4.69, 9.17) is 0 Å². The van der Waals surface area contributed by atoms with E-state index in [-0.39, 0.29) is 17.7 Å².